The van der Waals surface area contributed by atoms with Gasteiger partial charge in [-0.3, -0.25) is 9.59 Å². The Hall–Kier alpha value is -3.92. The van der Waals surface area contributed by atoms with Crippen LogP contribution in [0.15, 0.2) is 72.8 Å². The van der Waals surface area contributed by atoms with E-state index < -0.39 is 11.6 Å². The van der Waals surface area contributed by atoms with E-state index in [2.05, 4.69) is 0 Å². The average molecular weight is 364 g/mol. The molecule has 1 aliphatic carbocycles. The number of nitrogen functional groups attached to an aromatic ring is 2. The minimum atomic E-state index is -0.455. The molecule has 0 radical (unpaired) electrons. The molecule has 0 bridgehead atoms. The maximum atomic E-state index is 12.5. The fourth-order valence-corrected chi connectivity index (χ4v) is 4.01. The van der Waals surface area contributed by atoms with E-state index in [1.165, 1.54) is 0 Å². The number of benzene rings is 4. The van der Waals surface area contributed by atoms with Gasteiger partial charge in [0.2, 0.25) is 11.6 Å². The molecule has 4 N–H and O–H groups in total. The Kier molecular flexibility index (Phi) is 3.36. The molecule has 4 nitrogen and oxygen atoms in total. The number of ketones is 2. The van der Waals surface area contributed by atoms with Gasteiger partial charge in [0.25, 0.3) is 0 Å². The first kappa shape index (κ1) is 16.3. The smallest absolute Gasteiger partial charge is 0.234 e. The zero-order chi connectivity index (χ0) is 19.4. The molecule has 0 aliphatic heterocycles. The second-order valence-electron chi connectivity index (χ2n) is 6.98. The van der Waals surface area contributed by atoms with E-state index in [4.69, 9.17) is 11.5 Å². The van der Waals surface area contributed by atoms with Gasteiger partial charge < -0.3 is 11.5 Å². The van der Waals surface area contributed by atoms with Crippen molar-refractivity contribution in [2.45, 2.75) is 0 Å². The Balaban J connectivity index is 1.95. The van der Waals surface area contributed by atoms with E-state index in [-0.39, 0.29) is 0 Å². The molecule has 0 spiro atoms. The van der Waals surface area contributed by atoms with E-state index in [0.29, 0.717) is 27.9 Å². The number of carbonyl (C=O) groups is 2. The SMILES string of the molecule is Nc1cccc(-c2ccc3c4c(ccc(-c5cccc(N)c5)c24)C(=O)C3=O)c1. The van der Waals surface area contributed by atoms with Crippen molar-refractivity contribution >= 4 is 33.7 Å². The van der Waals surface area contributed by atoms with Gasteiger partial charge in [0.05, 0.1) is 0 Å². The first-order valence-electron chi connectivity index (χ1n) is 8.95. The van der Waals surface area contributed by atoms with Gasteiger partial charge in [-0.05, 0) is 64.0 Å². The van der Waals surface area contributed by atoms with Crippen LogP contribution in [0.25, 0.3) is 33.0 Å². The zero-order valence-corrected chi connectivity index (χ0v) is 14.9. The second-order valence-corrected chi connectivity index (χ2v) is 6.98. The van der Waals surface area contributed by atoms with Crippen LogP contribution < -0.4 is 11.5 Å². The van der Waals surface area contributed by atoms with E-state index in [9.17, 15) is 9.59 Å². The summed E-state index contributed by atoms with van der Waals surface area (Å²) < 4.78 is 0. The molecule has 5 rings (SSSR count). The van der Waals surface area contributed by atoms with Crippen LogP contribution in [0.2, 0.25) is 0 Å². The van der Waals surface area contributed by atoms with Crippen LogP contribution in [0.3, 0.4) is 0 Å². The molecular weight excluding hydrogens is 348 g/mol. The quantitative estimate of drug-likeness (QED) is 0.398. The summed E-state index contributed by atoms with van der Waals surface area (Å²) in [4.78, 5) is 25.0. The van der Waals surface area contributed by atoms with Crippen LogP contribution >= 0.6 is 0 Å². The Morgan fingerprint density at radius 2 is 0.893 bits per heavy atom. The second kappa shape index (κ2) is 5.79. The number of anilines is 2. The lowest BCUT2D eigenvalue weighted by atomic mass is 9.89. The van der Waals surface area contributed by atoms with Gasteiger partial charge in [0.1, 0.15) is 0 Å². The van der Waals surface area contributed by atoms with Crippen molar-refractivity contribution in [2.24, 2.45) is 0 Å². The Bertz CT molecular complexity index is 1220. The first-order valence-corrected chi connectivity index (χ1v) is 8.95. The highest BCUT2D eigenvalue weighted by atomic mass is 16.2. The van der Waals surface area contributed by atoms with Gasteiger partial charge >= 0.3 is 0 Å². The molecule has 0 atom stereocenters. The van der Waals surface area contributed by atoms with Crippen molar-refractivity contribution in [3.8, 4) is 22.3 Å². The molecule has 4 heteroatoms. The van der Waals surface area contributed by atoms with Crippen molar-refractivity contribution in [3.05, 3.63) is 83.9 Å². The van der Waals surface area contributed by atoms with Crippen LogP contribution in [0.4, 0.5) is 11.4 Å². The van der Waals surface area contributed by atoms with Crippen molar-refractivity contribution < 1.29 is 9.59 Å². The molecule has 4 aromatic carbocycles. The predicted molar refractivity (Wildman–Crippen MR) is 112 cm³/mol. The summed E-state index contributed by atoms with van der Waals surface area (Å²) in [5.74, 6) is -0.910. The molecule has 0 amide bonds. The molecular formula is C24H16N2O2. The molecule has 0 saturated heterocycles. The van der Waals surface area contributed by atoms with Crippen LogP contribution in [-0.4, -0.2) is 11.6 Å². The van der Waals surface area contributed by atoms with Crippen molar-refractivity contribution in [2.75, 3.05) is 11.5 Å². The summed E-state index contributed by atoms with van der Waals surface area (Å²) in [6.45, 7) is 0. The molecule has 0 aromatic heterocycles. The molecule has 0 unspecified atom stereocenters. The average Bonchev–Trinajstić information content (AvgIpc) is 2.94. The zero-order valence-electron chi connectivity index (χ0n) is 14.9. The number of nitrogens with two attached hydrogens (primary N) is 2. The lowest BCUT2D eigenvalue weighted by molar-refractivity contribution is 0.0825. The van der Waals surface area contributed by atoms with Crippen LogP contribution in [0.5, 0.6) is 0 Å². The molecule has 0 fully saturated rings. The molecule has 4 aromatic rings. The summed E-state index contributed by atoms with van der Waals surface area (Å²) in [7, 11) is 0. The van der Waals surface area contributed by atoms with Crippen LogP contribution in [0.1, 0.15) is 20.7 Å². The number of carbonyl (C=O) groups excluding carboxylic acids is 2. The van der Waals surface area contributed by atoms with Crippen molar-refractivity contribution in [1.82, 2.24) is 0 Å². The fraction of sp³-hybridized carbons (Fsp3) is 0. The number of hydrogen-bond donors (Lipinski definition) is 2. The lowest BCUT2D eigenvalue weighted by Crippen LogP contribution is -2.05. The van der Waals surface area contributed by atoms with Gasteiger partial charge in [-0.1, -0.05) is 36.4 Å². The highest BCUT2D eigenvalue weighted by molar-refractivity contribution is 6.57. The van der Waals surface area contributed by atoms with Crippen molar-refractivity contribution in [1.29, 1.82) is 0 Å². The van der Waals surface area contributed by atoms with Crippen LogP contribution in [0, 0.1) is 0 Å². The summed E-state index contributed by atoms with van der Waals surface area (Å²) in [6.07, 6.45) is 0. The predicted octanol–water partition coefficient (Wildman–Crippen LogP) is 4.72. The largest absolute Gasteiger partial charge is 0.399 e. The first-order chi connectivity index (χ1) is 13.5. The van der Waals surface area contributed by atoms with E-state index in [0.717, 1.165) is 27.6 Å². The monoisotopic (exact) mass is 364 g/mol. The maximum absolute atomic E-state index is 12.5. The number of hydrogen-bond acceptors (Lipinski definition) is 4. The minimum Gasteiger partial charge on any atom is -0.399 e. The Morgan fingerprint density at radius 1 is 0.500 bits per heavy atom. The van der Waals surface area contributed by atoms with Gasteiger partial charge in [-0.25, -0.2) is 0 Å². The lowest BCUT2D eigenvalue weighted by Gasteiger charge is -2.14. The molecule has 0 saturated carbocycles. The van der Waals surface area contributed by atoms with Crippen LogP contribution in [-0.2, 0) is 0 Å². The topological polar surface area (TPSA) is 86.2 Å². The molecule has 134 valence electrons. The summed E-state index contributed by atoms with van der Waals surface area (Å²) in [5.41, 5.74) is 17.9. The van der Waals surface area contributed by atoms with Gasteiger partial charge in [-0.2, -0.15) is 0 Å². The molecule has 28 heavy (non-hydrogen) atoms. The molecule has 1 aliphatic rings. The number of rotatable bonds is 2. The summed E-state index contributed by atoms with van der Waals surface area (Å²) in [5, 5.41) is 1.57. The van der Waals surface area contributed by atoms with Crippen molar-refractivity contribution in [3.63, 3.8) is 0 Å². The third kappa shape index (κ3) is 2.25. The Morgan fingerprint density at radius 3 is 1.32 bits per heavy atom. The van der Waals surface area contributed by atoms with Gasteiger partial charge in [-0.15, -0.1) is 0 Å². The van der Waals surface area contributed by atoms with Gasteiger partial charge in [0.15, 0.2) is 0 Å². The molecule has 0 heterocycles. The van der Waals surface area contributed by atoms with E-state index >= 15 is 0 Å². The highest BCUT2D eigenvalue weighted by Gasteiger charge is 2.32. The normalized spacial score (nSPS) is 12.7. The fourth-order valence-electron chi connectivity index (χ4n) is 4.01. The number of Topliss-reactive ketones (excluding diaryl/α,β-unsaturated/α-hetero) is 2. The van der Waals surface area contributed by atoms with E-state index in [1.54, 1.807) is 12.1 Å². The standard InChI is InChI=1S/C24H16N2O2/c25-15-5-1-3-13(11-15)17-7-9-19-22-20(24(28)23(19)27)10-8-18(21(17)22)14-4-2-6-16(26)12-14/h1-12H,25-26H2. The third-order valence-corrected chi connectivity index (χ3v) is 5.25. The highest BCUT2D eigenvalue weighted by Crippen LogP contribution is 2.43. The summed E-state index contributed by atoms with van der Waals surface area (Å²) in [6, 6.07) is 22.4. The van der Waals surface area contributed by atoms with Gasteiger partial charge in [0, 0.05) is 27.9 Å². The van der Waals surface area contributed by atoms with E-state index in [1.807, 2.05) is 60.7 Å². The maximum Gasteiger partial charge on any atom is 0.234 e. The Labute approximate surface area is 161 Å². The third-order valence-electron chi connectivity index (χ3n) is 5.25. The minimum absolute atomic E-state index is 0.452. The summed E-state index contributed by atoms with van der Waals surface area (Å²) >= 11 is 0.